The number of benzene rings is 2. The highest BCUT2D eigenvalue weighted by molar-refractivity contribution is 6.31. The molecule has 0 aliphatic heterocycles. The molecule has 0 saturated heterocycles. The van der Waals surface area contributed by atoms with Gasteiger partial charge in [0.15, 0.2) is 0 Å². The zero-order chi connectivity index (χ0) is 20.3. The van der Waals surface area contributed by atoms with Crippen molar-refractivity contribution in [3.05, 3.63) is 76.1 Å². The summed E-state index contributed by atoms with van der Waals surface area (Å²) in [6.07, 6.45) is 0.985. The van der Waals surface area contributed by atoms with E-state index in [9.17, 15) is 4.79 Å². The molecule has 1 heterocycles. The van der Waals surface area contributed by atoms with Crippen LogP contribution >= 0.6 is 11.6 Å². The summed E-state index contributed by atoms with van der Waals surface area (Å²) in [5.41, 5.74) is 5.16. The third kappa shape index (κ3) is 4.61. The highest BCUT2D eigenvalue weighted by atomic mass is 35.5. The lowest BCUT2D eigenvalue weighted by molar-refractivity contribution is 0.102. The first kappa shape index (κ1) is 20.1. The van der Waals surface area contributed by atoms with E-state index >= 15 is 0 Å². The lowest BCUT2D eigenvalue weighted by Gasteiger charge is -2.10. The van der Waals surface area contributed by atoms with Gasteiger partial charge < -0.3 is 10.2 Å². The Kier molecular flexibility index (Phi) is 6.17. The standard InChI is InChI=1S/C22H25ClN4O/c1-15-21(23)16(2)27(25-15)20-11-7-18(8-12-20)22(28)24-19-9-5-17(6-10-19)13-14-26(3)4/h5-12H,13-14H2,1-4H3,(H,24,28). The molecule has 0 aliphatic carbocycles. The van der Waals surface area contributed by atoms with Crippen molar-refractivity contribution in [3.8, 4) is 5.69 Å². The van der Waals surface area contributed by atoms with Crippen molar-refractivity contribution < 1.29 is 4.79 Å². The van der Waals surface area contributed by atoms with Crippen molar-refractivity contribution >= 4 is 23.2 Å². The van der Waals surface area contributed by atoms with E-state index in [1.165, 1.54) is 5.56 Å². The Hall–Kier alpha value is -2.63. The number of aromatic nitrogens is 2. The fourth-order valence-corrected chi connectivity index (χ4v) is 3.06. The predicted molar refractivity (Wildman–Crippen MR) is 115 cm³/mol. The van der Waals surface area contributed by atoms with Crippen LogP contribution in [0.1, 0.15) is 27.3 Å². The van der Waals surface area contributed by atoms with Gasteiger partial charge in [0, 0.05) is 17.8 Å². The number of hydrogen-bond acceptors (Lipinski definition) is 3. The number of nitrogens with zero attached hydrogens (tertiary/aromatic N) is 3. The topological polar surface area (TPSA) is 50.2 Å². The zero-order valence-electron chi connectivity index (χ0n) is 16.7. The minimum atomic E-state index is -0.140. The third-order valence-corrected chi connectivity index (χ3v) is 5.18. The monoisotopic (exact) mass is 396 g/mol. The normalized spacial score (nSPS) is 11.1. The summed E-state index contributed by atoms with van der Waals surface area (Å²) in [6.45, 7) is 4.79. The summed E-state index contributed by atoms with van der Waals surface area (Å²) in [5, 5.41) is 8.04. The number of aryl methyl sites for hydroxylation is 1. The maximum Gasteiger partial charge on any atom is 0.255 e. The average Bonchev–Trinajstić information content (AvgIpc) is 2.95. The summed E-state index contributed by atoms with van der Waals surface area (Å²) >= 11 is 6.22. The van der Waals surface area contributed by atoms with Crippen LogP contribution in [0.2, 0.25) is 5.02 Å². The minimum Gasteiger partial charge on any atom is -0.322 e. The summed E-state index contributed by atoms with van der Waals surface area (Å²) in [7, 11) is 4.12. The van der Waals surface area contributed by atoms with Crippen LogP contribution in [0.4, 0.5) is 5.69 Å². The van der Waals surface area contributed by atoms with E-state index in [1.54, 1.807) is 16.8 Å². The van der Waals surface area contributed by atoms with E-state index < -0.39 is 0 Å². The fourth-order valence-electron chi connectivity index (χ4n) is 2.94. The maximum absolute atomic E-state index is 12.5. The molecule has 146 valence electrons. The maximum atomic E-state index is 12.5. The van der Waals surface area contributed by atoms with Gasteiger partial charge in [-0.05, 0) is 76.3 Å². The van der Waals surface area contributed by atoms with E-state index in [0.717, 1.165) is 35.7 Å². The molecular weight excluding hydrogens is 372 g/mol. The second-order valence-electron chi connectivity index (χ2n) is 7.15. The Balaban J connectivity index is 1.67. The molecule has 5 nitrogen and oxygen atoms in total. The molecule has 3 aromatic rings. The lowest BCUT2D eigenvalue weighted by atomic mass is 10.1. The first-order valence-corrected chi connectivity index (χ1v) is 9.60. The predicted octanol–water partition coefficient (Wildman–Crippen LogP) is 4.50. The van der Waals surface area contributed by atoms with Gasteiger partial charge in [0.2, 0.25) is 0 Å². The smallest absolute Gasteiger partial charge is 0.255 e. The molecule has 2 aromatic carbocycles. The number of anilines is 1. The van der Waals surface area contributed by atoms with Crippen LogP contribution in [0.3, 0.4) is 0 Å². The summed E-state index contributed by atoms with van der Waals surface area (Å²) in [4.78, 5) is 14.7. The number of rotatable bonds is 6. The van der Waals surface area contributed by atoms with E-state index in [2.05, 4.69) is 41.5 Å². The summed E-state index contributed by atoms with van der Waals surface area (Å²) in [5.74, 6) is -0.140. The van der Waals surface area contributed by atoms with Gasteiger partial charge >= 0.3 is 0 Å². The van der Waals surface area contributed by atoms with Crippen LogP contribution in [0, 0.1) is 13.8 Å². The minimum absolute atomic E-state index is 0.140. The Morgan fingerprint density at radius 2 is 1.71 bits per heavy atom. The quantitative estimate of drug-likeness (QED) is 0.667. The van der Waals surface area contributed by atoms with E-state index in [4.69, 9.17) is 11.6 Å². The molecule has 1 aromatic heterocycles. The number of halogens is 1. The van der Waals surface area contributed by atoms with Crippen LogP contribution in [-0.2, 0) is 6.42 Å². The van der Waals surface area contributed by atoms with Gasteiger partial charge in [0.1, 0.15) is 0 Å². The fraction of sp³-hybridized carbons (Fsp3) is 0.273. The van der Waals surface area contributed by atoms with Crippen molar-refractivity contribution in [2.75, 3.05) is 26.0 Å². The van der Waals surface area contributed by atoms with Crippen molar-refractivity contribution in [2.24, 2.45) is 0 Å². The molecule has 0 bridgehead atoms. The number of carbonyl (C=O) groups excluding carboxylic acids is 1. The van der Waals surface area contributed by atoms with Crippen LogP contribution < -0.4 is 5.32 Å². The molecular formula is C22H25ClN4O. The molecule has 0 saturated carbocycles. The van der Waals surface area contributed by atoms with Crippen LogP contribution in [-0.4, -0.2) is 41.2 Å². The molecule has 0 spiro atoms. The van der Waals surface area contributed by atoms with Crippen molar-refractivity contribution in [1.29, 1.82) is 0 Å². The van der Waals surface area contributed by atoms with Gasteiger partial charge in [0.25, 0.3) is 5.91 Å². The molecule has 0 aliphatic rings. The lowest BCUT2D eigenvalue weighted by Crippen LogP contribution is -2.15. The molecule has 1 N–H and O–H groups in total. The summed E-state index contributed by atoms with van der Waals surface area (Å²) in [6, 6.07) is 15.3. The molecule has 0 fully saturated rings. The van der Waals surface area contributed by atoms with Crippen molar-refractivity contribution in [3.63, 3.8) is 0 Å². The number of amides is 1. The molecule has 0 unspecified atom stereocenters. The Labute approximate surface area is 170 Å². The van der Waals surface area contributed by atoms with Gasteiger partial charge in [-0.15, -0.1) is 0 Å². The second-order valence-corrected chi connectivity index (χ2v) is 7.53. The van der Waals surface area contributed by atoms with E-state index in [0.29, 0.717) is 10.6 Å². The SMILES string of the molecule is Cc1nn(-c2ccc(C(=O)Nc3ccc(CCN(C)C)cc3)cc2)c(C)c1Cl. The number of likely N-dealkylation sites (N-methyl/N-ethyl adjacent to an activating group) is 1. The largest absolute Gasteiger partial charge is 0.322 e. The Morgan fingerprint density at radius 1 is 1.07 bits per heavy atom. The molecule has 6 heteroatoms. The molecule has 28 heavy (non-hydrogen) atoms. The highest BCUT2D eigenvalue weighted by Crippen LogP contribution is 2.22. The average molecular weight is 397 g/mol. The zero-order valence-corrected chi connectivity index (χ0v) is 17.4. The number of nitrogens with one attached hydrogen (secondary N) is 1. The van der Waals surface area contributed by atoms with Crippen LogP contribution in [0.5, 0.6) is 0 Å². The highest BCUT2D eigenvalue weighted by Gasteiger charge is 2.12. The van der Waals surface area contributed by atoms with Gasteiger partial charge in [-0.25, -0.2) is 4.68 Å². The second kappa shape index (κ2) is 8.59. The number of hydrogen-bond donors (Lipinski definition) is 1. The third-order valence-electron chi connectivity index (χ3n) is 4.64. The van der Waals surface area contributed by atoms with E-state index in [-0.39, 0.29) is 5.91 Å². The Bertz CT molecular complexity index is 959. The van der Waals surface area contributed by atoms with Crippen LogP contribution in [0.25, 0.3) is 5.69 Å². The first-order chi connectivity index (χ1) is 13.3. The molecule has 0 radical (unpaired) electrons. The van der Waals surface area contributed by atoms with Gasteiger partial charge in [-0.2, -0.15) is 5.10 Å². The van der Waals surface area contributed by atoms with Gasteiger partial charge in [-0.1, -0.05) is 23.7 Å². The molecule has 0 atom stereocenters. The van der Waals surface area contributed by atoms with Gasteiger partial charge in [-0.3, -0.25) is 4.79 Å². The van der Waals surface area contributed by atoms with Crippen molar-refractivity contribution in [1.82, 2.24) is 14.7 Å². The van der Waals surface area contributed by atoms with Crippen molar-refractivity contribution in [2.45, 2.75) is 20.3 Å². The van der Waals surface area contributed by atoms with Gasteiger partial charge in [0.05, 0.1) is 22.1 Å². The van der Waals surface area contributed by atoms with E-state index in [1.807, 2.05) is 38.1 Å². The Morgan fingerprint density at radius 3 is 2.25 bits per heavy atom. The summed E-state index contributed by atoms with van der Waals surface area (Å²) < 4.78 is 1.78. The molecule has 3 rings (SSSR count). The first-order valence-electron chi connectivity index (χ1n) is 9.22. The number of carbonyl (C=O) groups is 1. The molecule has 1 amide bonds. The van der Waals surface area contributed by atoms with Crippen LogP contribution in [0.15, 0.2) is 48.5 Å².